The number of phenols is 2. The first-order valence-electron chi connectivity index (χ1n) is 8.96. The maximum atomic E-state index is 14.7. The molecule has 0 aliphatic heterocycles. The van der Waals surface area contributed by atoms with Gasteiger partial charge in [-0.1, -0.05) is 30.3 Å². The zero-order valence-corrected chi connectivity index (χ0v) is 16.5. The molecule has 0 amide bonds. The SMILES string of the molecule is COC(=O)c1cc(C(=O)c2ccccc2O)c(-c2ccccc2F)c(C(=O)OC)c1O. The molecular weight excluding hydrogens is 407 g/mol. The van der Waals surface area contributed by atoms with Gasteiger partial charge < -0.3 is 19.7 Å². The number of esters is 2. The van der Waals surface area contributed by atoms with Crippen LogP contribution in [0.2, 0.25) is 0 Å². The number of hydrogen-bond acceptors (Lipinski definition) is 7. The smallest absolute Gasteiger partial charge is 0.342 e. The van der Waals surface area contributed by atoms with Gasteiger partial charge in [0, 0.05) is 16.7 Å². The Balaban J connectivity index is 2.49. The molecule has 0 aromatic heterocycles. The summed E-state index contributed by atoms with van der Waals surface area (Å²) in [5, 5.41) is 20.8. The van der Waals surface area contributed by atoms with E-state index in [4.69, 9.17) is 4.74 Å². The predicted octanol–water partition coefficient (Wildman–Crippen LogP) is 3.71. The number of phenolic OH excluding ortho intramolecular Hbond substituents is 2. The van der Waals surface area contributed by atoms with Gasteiger partial charge in [-0.05, 0) is 24.3 Å². The van der Waals surface area contributed by atoms with E-state index in [-0.39, 0.29) is 28.0 Å². The molecule has 7 nitrogen and oxygen atoms in total. The van der Waals surface area contributed by atoms with Crippen LogP contribution in [0.4, 0.5) is 4.39 Å². The van der Waals surface area contributed by atoms with Crippen molar-refractivity contribution in [2.45, 2.75) is 0 Å². The summed E-state index contributed by atoms with van der Waals surface area (Å²) in [6.07, 6.45) is 0. The third kappa shape index (κ3) is 3.83. The van der Waals surface area contributed by atoms with E-state index in [9.17, 15) is 29.0 Å². The molecule has 3 aromatic carbocycles. The van der Waals surface area contributed by atoms with Crippen LogP contribution in [0.5, 0.6) is 11.5 Å². The lowest BCUT2D eigenvalue weighted by atomic mass is 9.87. The fourth-order valence-corrected chi connectivity index (χ4v) is 3.17. The molecule has 0 heterocycles. The molecule has 0 fully saturated rings. The lowest BCUT2D eigenvalue weighted by Crippen LogP contribution is -2.15. The maximum Gasteiger partial charge on any atom is 0.342 e. The van der Waals surface area contributed by atoms with Crippen molar-refractivity contribution in [1.29, 1.82) is 0 Å². The van der Waals surface area contributed by atoms with E-state index >= 15 is 0 Å². The molecule has 0 unspecified atom stereocenters. The summed E-state index contributed by atoms with van der Waals surface area (Å²) in [5.74, 6) is -4.93. The fraction of sp³-hybridized carbons (Fsp3) is 0.0870. The molecule has 0 radical (unpaired) electrons. The summed E-state index contributed by atoms with van der Waals surface area (Å²) in [4.78, 5) is 38.1. The molecule has 31 heavy (non-hydrogen) atoms. The van der Waals surface area contributed by atoms with E-state index in [0.29, 0.717) is 0 Å². The van der Waals surface area contributed by atoms with Crippen LogP contribution in [0.3, 0.4) is 0 Å². The van der Waals surface area contributed by atoms with Crippen molar-refractivity contribution >= 4 is 17.7 Å². The van der Waals surface area contributed by atoms with E-state index in [2.05, 4.69) is 4.74 Å². The van der Waals surface area contributed by atoms with E-state index in [1.54, 1.807) is 0 Å². The lowest BCUT2D eigenvalue weighted by molar-refractivity contribution is 0.0593. The van der Waals surface area contributed by atoms with Crippen LogP contribution in [-0.2, 0) is 9.47 Å². The van der Waals surface area contributed by atoms with Gasteiger partial charge in [0.1, 0.15) is 28.4 Å². The Morgan fingerprint density at radius 1 is 0.806 bits per heavy atom. The minimum absolute atomic E-state index is 0.155. The summed E-state index contributed by atoms with van der Waals surface area (Å²) >= 11 is 0. The number of rotatable bonds is 5. The van der Waals surface area contributed by atoms with E-state index in [1.807, 2.05) is 0 Å². The zero-order valence-electron chi connectivity index (χ0n) is 16.5. The standard InChI is InChI=1S/C23H17FO7/c1-30-22(28)15-11-14(20(26)13-8-4-6-10-17(13)25)18(12-7-3-5-9-16(12)24)19(21(15)27)23(29)31-2/h3-11,25,27H,1-2H3. The molecular formula is C23H17FO7. The maximum absolute atomic E-state index is 14.7. The van der Waals surface area contributed by atoms with Gasteiger partial charge in [0.05, 0.1) is 19.8 Å². The van der Waals surface area contributed by atoms with Gasteiger partial charge in [-0.3, -0.25) is 4.79 Å². The Hall–Kier alpha value is -4.20. The number of carbonyl (C=O) groups excluding carboxylic acids is 3. The Morgan fingerprint density at radius 2 is 1.42 bits per heavy atom. The molecule has 0 aliphatic rings. The van der Waals surface area contributed by atoms with Crippen molar-refractivity contribution in [2.75, 3.05) is 14.2 Å². The Bertz CT molecular complexity index is 1200. The molecule has 158 valence electrons. The summed E-state index contributed by atoms with van der Waals surface area (Å²) in [6, 6.07) is 11.9. The number of halogens is 1. The van der Waals surface area contributed by atoms with Crippen LogP contribution < -0.4 is 0 Å². The van der Waals surface area contributed by atoms with Gasteiger partial charge >= 0.3 is 11.9 Å². The minimum Gasteiger partial charge on any atom is -0.507 e. The topological polar surface area (TPSA) is 110 Å². The quantitative estimate of drug-likeness (QED) is 0.475. The van der Waals surface area contributed by atoms with Crippen molar-refractivity contribution in [3.05, 3.63) is 82.7 Å². The van der Waals surface area contributed by atoms with Crippen molar-refractivity contribution in [1.82, 2.24) is 0 Å². The summed E-state index contributed by atoms with van der Waals surface area (Å²) in [7, 11) is 2.08. The molecule has 8 heteroatoms. The molecule has 0 atom stereocenters. The van der Waals surface area contributed by atoms with Crippen LogP contribution in [-0.4, -0.2) is 42.2 Å². The van der Waals surface area contributed by atoms with Crippen LogP contribution >= 0.6 is 0 Å². The Labute approximate surface area is 176 Å². The number of para-hydroxylation sites is 1. The first-order valence-corrected chi connectivity index (χ1v) is 8.96. The van der Waals surface area contributed by atoms with E-state index in [0.717, 1.165) is 26.4 Å². The number of benzene rings is 3. The predicted molar refractivity (Wildman–Crippen MR) is 108 cm³/mol. The minimum atomic E-state index is -1.10. The van der Waals surface area contributed by atoms with E-state index in [1.165, 1.54) is 42.5 Å². The molecule has 0 spiro atoms. The van der Waals surface area contributed by atoms with Gasteiger partial charge in [-0.25, -0.2) is 14.0 Å². The molecule has 0 saturated carbocycles. The molecule has 0 aliphatic carbocycles. The fourth-order valence-electron chi connectivity index (χ4n) is 3.17. The second kappa shape index (κ2) is 8.66. The average Bonchev–Trinajstić information content (AvgIpc) is 2.78. The molecule has 2 N–H and O–H groups in total. The number of hydrogen-bond donors (Lipinski definition) is 2. The first kappa shape index (κ1) is 21.5. The normalized spacial score (nSPS) is 10.4. The van der Waals surface area contributed by atoms with Crippen molar-refractivity contribution in [2.24, 2.45) is 0 Å². The molecule has 0 saturated heterocycles. The van der Waals surface area contributed by atoms with Crippen LogP contribution in [0.25, 0.3) is 11.1 Å². The van der Waals surface area contributed by atoms with Gasteiger partial charge in [-0.15, -0.1) is 0 Å². The van der Waals surface area contributed by atoms with Gasteiger partial charge in [-0.2, -0.15) is 0 Å². The zero-order chi connectivity index (χ0) is 22.7. The number of aromatic hydroxyl groups is 2. The van der Waals surface area contributed by atoms with Gasteiger partial charge in [0.15, 0.2) is 5.78 Å². The largest absolute Gasteiger partial charge is 0.507 e. The molecule has 3 rings (SSSR count). The second-order valence-corrected chi connectivity index (χ2v) is 6.38. The van der Waals surface area contributed by atoms with Crippen molar-refractivity contribution < 1.29 is 38.5 Å². The van der Waals surface area contributed by atoms with Gasteiger partial charge in [0.25, 0.3) is 0 Å². The highest BCUT2D eigenvalue weighted by Crippen LogP contribution is 2.40. The lowest BCUT2D eigenvalue weighted by Gasteiger charge is -2.18. The highest BCUT2D eigenvalue weighted by Gasteiger charge is 2.32. The van der Waals surface area contributed by atoms with Crippen LogP contribution in [0.15, 0.2) is 54.6 Å². The number of ether oxygens (including phenoxy) is 2. The first-order chi connectivity index (χ1) is 14.8. The van der Waals surface area contributed by atoms with Crippen molar-refractivity contribution in [3.8, 4) is 22.6 Å². The van der Waals surface area contributed by atoms with Crippen molar-refractivity contribution in [3.63, 3.8) is 0 Å². The Kier molecular flexibility index (Phi) is 6.01. The third-order valence-electron chi connectivity index (χ3n) is 4.63. The highest BCUT2D eigenvalue weighted by molar-refractivity contribution is 6.19. The Morgan fingerprint density at radius 3 is 2.03 bits per heavy atom. The highest BCUT2D eigenvalue weighted by atomic mass is 19.1. The van der Waals surface area contributed by atoms with E-state index < -0.39 is 40.4 Å². The average molecular weight is 424 g/mol. The number of ketones is 1. The van der Waals surface area contributed by atoms with Crippen LogP contribution in [0.1, 0.15) is 36.6 Å². The monoisotopic (exact) mass is 424 g/mol. The third-order valence-corrected chi connectivity index (χ3v) is 4.63. The summed E-state index contributed by atoms with van der Waals surface area (Å²) in [6.45, 7) is 0. The van der Waals surface area contributed by atoms with Crippen LogP contribution in [0, 0.1) is 5.82 Å². The second-order valence-electron chi connectivity index (χ2n) is 6.38. The summed E-state index contributed by atoms with van der Waals surface area (Å²) < 4.78 is 24.1. The number of carbonyl (C=O) groups is 3. The molecule has 3 aromatic rings. The van der Waals surface area contributed by atoms with Gasteiger partial charge in [0.2, 0.25) is 0 Å². The summed E-state index contributed by atoms with van der Waals surface area (Å²) in [5.41, 5.74) is -2.03. The number of methoxy groups -OCH3 is 2. The molecule has 0 bridgehead atoms.